The molecule has 0 saturated heterocycles. The lowest BCUT2D eigenvalue weighted by molar-refractivity contribution is 0.684. The van der Waals surface area contributed by atoms with Crippen molar-refractivity contribution in [2.75, 3.05) is 6.54 Å². The van der Waals surface area contributed by atoms with Crippen molar-refractivity contribution in [2.24, 2.45) is 7.05 Å². The topological polar surface area (TPSA) is 29.9 Å². The molecule has 22 heavy (non-hydrogen) atoms. The molecule has 2 heterocycles. The molecule has 1 aromatic carbocycles. The second kappa shape index (κ2) is 7.09. The number of aromatic nitrogens is 2. The first-order valence-corrected chi connectivity index (χ1v) is 8.43. The van der Waals surface area contributed by atoms with Gasteiger partial charge in [0.15, 0.2) is 0 Å². The van der Waals surface area contributed by atoms with Crippen LogP contribution in [0.15, 0.2) is 48.8 Å². The van der Waals surface area contributed by atoms with Crippen molar-refractivity contribution in [3.05, 3.63) is 64.4 Å². The third-order valence-corrected chi connectivity index (χ3v) is 4.76. The molecule has 3 aromatic rings. The summed E-state index contributed by atoms with van der Waals surface area (Å²) in [6.45, 7) is 1.72. The van der Waals surface area contributed by atoms with E-state index < -0.39 is 0 Å². The fraction of sp³-hybridized carbons (Fsp3) is 0.235. The molecule has 3 rings (SSSR count). The summed E-state index contributed by atoms with van der Waals surface area (Å²) in [7, 11) is 2.05. The number of benzene rings is 1. The molecule has 114 valence electrons. The molecule has 0 unspecified atom stereocenters. The van der Waals surface area contributed by atoms with Gasteiger partial charge in [0.1, 0.15) is 5.01 Å². The molecule has 0 aliphatic heterocycles. The van der Waals surface area contributed by atoms with E-state index in [4.69, 9.17) is 11.6 Å². The molecule has 0 atom stereocenters. The van der Waals surface area contributed by atoms with Crippen molar-refractivity contribution in [1.29, 1.82) is 0 Å². The molecule has 1 N–H and O–H groups in total. The fourth-order valence-electron chi connectivity index (χ4n) is 2.35. The van der Waals surface area contributed by atoms with Crippen molar-refractivity contribution < 1.29 is 0 Å². The monoisotopic (exact) mass is 331 g/mol. The highest BCUT2D eigenvalue weighted by atomic mass is 35.5. The van der Waals surface area contributed by atoms with Gasteiger partial charge in [0.05, 0.1) is 10.6 Å². The van der Waals surface area contributed by atoms with Gasteiger partial charge in [-0.15, -0.1) is 11.3 Å². The molecule has 0 aliphatic rings. The number of rotatable bonds is 6. The summed E-state index contributed by atoms with van der Waals surface area (Å²) in [5.74, 6) is 0. The first kappa shape index (κ1) is 15.3. The summed E-state index contributed by atoms with van der Waals surface area (Å²) in [6.07, 6.45) is 4.97. The van der Waals surface area contributed by atoms with Crippen molar-refractivity contribution in [1.82, 2.24) is 14.9 Å². The molecule has 0 fully saturated rings. The minimum Gasteiger partial charge on any atom is -0.350 e. The maximum absolute atomic E-state index is 5.99. The Morgan fingerprint density at radius 3 is 2.95 bits per heavy atom. The second-order valence-corrected chi connectivity index (χ2v) is 6.73. The van der Waals surface area contributed by atoms with Crippen LogP contribution in [0, 0.1) is 0 Å². The van der Waals surface area contributed by atoms with Crippen LogP contribution in [0.3, 0.4) is 0 Å². The first-order chi connectivity index (χ1) is 10.7. The van der Waals surface area contributed by atoms with Gasteiger partial charge in [0, 0.05) is 31.0 Å². The van der Waals surface area contributed by atoms with Crippen LogP contribution in [0.2, 0.25) is 5.02 Å². The SMILES string of the molecule is Cn1cccc1-c1cnc(CNCCc2cccc(Cl)c2)s1. The number of halogens is 1. The van der Waals surface area contributed by atoms with Crippen LogP contribution in [-0.4, -0.2) is 16.1 Å². The molecule has 2 aromatic heterocycles. The Kier molecular flexibility index (Phi) is 4.93. The van der Waals surface area contributed by atoms with Gasteiger partial charge in [0.2, 0.25) is 0 Å². The molecule has 0 radical (unpaired) electrons. The highest BCUT2D eigenvalue weighted by Gasteiger charge is 2.06. The van der Waals surface area contributed by atoms with Crippen LogP contribution in [-0.2, 0) is 20.0 Å². The van der Waals surface area contributed by atoms with E-state index in [-0.39, 0.29) is 0 Å². The quantitative estimate of drug-likeness (QED) is 0.688. The van der Waals surface area contributed by atoms with Gasteiger partial charge in [-0.3, -0.25) is 0 Å². The molecule has 0 aliphatic carbocycles. The largest absolute Gasteiger partial charge is 0.350 e. The van der Waals surface area contributed by atoms with E-state index in [2.05, 4.69) is 46.3 Å². The van der Waals surface area contributed by atoms with Gasteiger partial charge in [-0.1, -0.05) is 23.7 Å². The number of nitrogens with one attached hydrogen (secondary N) is 1. The van der Waals surface area contributed by atoms with Gasteiger partial charge in [-0.2, -0.15) is 0 Å². The smallest absolute Gasteiger partial charge is 0.107 e. The van der Waals surface area contributed by atoms with Crippen molar-refractivity contribution in [3.63, 3.8) is 0 Å². The van der Waals surface area contributed by atoms with E-state index >= 15 is 0 Å². The number of hydrogen-bond acceptors (Lipinski definition) is 3. The van der Waals surface area contributed by atoms with Crippen LogP contribution in [0.1, 0.15) is 10.6 Å². The highest BCUT2D eigenvalue weighted by molar-refractivity contribution is 7.15. The van der Waals surface area contributed by atoms with Crippen LogP contribution in [0.25, 0.3) is 10.6 Å². The van der Waals surface area contributed by atoms with Gasteiger partial charge in [0.25, 0.3) is 0 Å². The average molecular weight is 332 g/mol. The molecule has 5 heteroatoms. The Bertz CT molecular complexity index is 748. The van der Waals surface area contributed by atoms with Crippen LogP contribution in [0.4, 0.5) is 0 Å². The van der Waals surface area contributed by atoms with Crippen LogP contribution in [0.5, 0.6) is 0 Å². The van der Waals surface area contributed by atoms with Gasteiger partial charge >= 0.3 is 0 Å². The Hall–Kier alpha value is -1.62. The molecular formula is C17H18ClN3S. The summed E-state index contributed by atoms with van der Waals surface area (Å²) < 4.78 is 2.11. The molecule has 0 saturated carbocycles. The molecule has 3 nitrogen and oxygen atoms in total. The van der Waals surface area contributed by atoms with Crippen molar-refractivity contribution >= 4 is 22.9 Å². The normalized spacial score (nSPS) is 11.0. The van der Waals surface area contributed by atoms with Crippen LogP contribution >= 0.6 is 22.9 Å². The maximum atomic E-state index is 5.99. The molecular weight excluding hydrogens is 314 g/mol. The standard InChI is InChI=1S/C17H18ClN3S/c1-21-9-3-6-15(21)16-11-20-17(22-16)12-19-8-7-13-4-2-5-14(18)10-13/h2-6,9-11,19H,7-8,12H2,1H3. The van der Waals surface area contributed by atoms with E-state index in [1.54, 1.807) is 11.3 Å². The minimum atomic E-state index is 0.796. The summed E-state index contributed by atoms with van der Waals surface area (Å²) in [5.41, 5.74) is 2.46. The fourth-order valence-corrected chi connectivity index (χ4v) is 3.52. The lowest BCUT2D eigenvalue weighted by Crippen LogP contribution is -2.16. The minimum absolute atomic E-state index is 0.796. The highest BCUT2D eigenvalue weighted by Crippen LogP contribution is 2.25. The zero-order chi connectivity index (χ0) is 15.4. The lowest BCUT2D eigenvalue weighted by Gasteiger charge is -2.03. The third-order valence-electron chi connectivity index (χ3n) is 3.51. The predicted molar refractivity (Wildman–Crippen MR) is 93.4 cm³/mol. The maximum Gasteiger partial charge on any atom is 0.107 e. The average Bonchev–Trinajstić information content (AvgIpc) is 3.12. The Balaban J connectivity index is 1.50. The molecule has 0 spiro atoms. The predicted octanol–water partition coefficient (Wildman–Crippen LogP) is 4.13. The van der Waals surface area contributed by atoms with Gasteiger partial charge in [-0.25, -0.2) is 4.98 Å². The summed E-state index contributed by atoms with van der Waals surface area (Å²) in [5, 5.41) is 5.35. The van der Waals surface area contributed by atoms with Crippen molar-refractivity contribution in [3.8, 4) is 10.6 Å². The van der Waals surface area contributed by atoms with Crippen molar-refractivity contribution in [2.45, 2.75) is 13.0 Å². The van der Waals surface area contributed by atoms with E-state index in [1.807, 2.05) is 24.4 Å². The third kappa shape index (κ3) is 3.77. The van der Waals surface area contributed by atoms with Gasteiger partial charge < -0.3 is 9.88 Å². The van der Waals surface area contributed by atoms with Crippen LogP contribution < -0.4 is 5.32 Å². The first-order valence-electron chi connectivity index (χ1n) is 7.24. The Morgan fingerprint density at radius 1 is 1.27 bits per heavy atom. The molecule has 0 amide bonds. The van der Waals surface area contributed by atoms with E-state index in [0.717, 1.165) is 29.5 Å². The van der Waals surface area contributed by atoms with Gasteiger partial charge in [-0.05, 0) is 42.8 Å². The summed E-state index contributed by atoms with van der Waals surface area (Å²) in [4.78, 5) is 5.70. The number of thiazole rings is 1. The van der Waals surface area contributed by atoms with E-state index in [9.17, 15) is 0 Å². The number of hydrogen-bond donors (Lipinski definition) is 1. The second-order valence-electron chi connectivity index (χ2n) is 5.18. The Labute approximate surface area is 139 Å². The number of nitrogens with zero attached hydrogens (tertiary/aromatic N) is 2. The Morgan fingerprint density at radius 2 is 2.18 bits per heavy atom. The summed E-state index contributed by atoms with van der Waals surface area (Å²) >= 11 is 7.73. The van der Waals surface area contributed by atoms with E-state index in [0.29, 0.717) is 0 Å². The zero-order valence-corrected chi connectivity index (χ0v) is 14.0. The summed E-state index contributed by atoms with van der Waals surface area (Å²) in [6, 6.07) is 12.2. The lowest BCUT2D eigenvalue weighted by atomic mass is 10.1. The number of aryl methyl sites for hydroxylation is 1. The molecule has 0 bridgehead atoms. The van der Waals surface area contributed by atoms with E-state index in [1.165, 1.54) is 16.1 Å². The zero-order valence-electron chi connectivity index (χ0n) is 12.4.